The number of amides is 1. The van der Waals surface area contributed by atoms with Gasteiger partial charge in [0, 0.05) is 19.0 Å². The maximum atomic E-state index is 13.4. The molecule has 1 aliphatic heterocycles. The average molecular weight is 348 g/mol. The van der Waals surface area contributed by atoms with E-state index in [4.69, 9.17) is 0 Å². The molecule has 3 heteroatoms. The van der Waals surface area contributed by atoms with Crippen molar-refractivity contribution in [2.45, 2.75) is 39.3 Å². The Balaban J connectivity index is 1.54. The first-order valence-electron chi connectivity index (χ1n) is 9.76. The van der Waals surface area contributed by atoms with Crippen LogP contribution in [-0.4, -0.2) is 23.9 Å². The molecule has 0 aromatic heterocycles. The molecule has 0 radical (unpaired) electrons. The number of hydrogen-bond acceptors (Lipinski definition) is 2. The molecule has 1 saturated heterocycles. The van der Waals surface area contributed by atoms with Crippen LogP contribution in [0, 0.1) is 18.3 Å². The van der Waals surface area contributed by atoms with Crippen molar-refractivity contribution in [2.24, 2.45) is 11.3 Å². The Kier molecular flexibility index (Phi) is 4.82. The van der Waals surface area contributed by atoms with Gasteiger partial charge in [0.05, 0.1) is 0 Å². The fourth-order valence-corrected chi connectivity index (χ4v) is 4.40. The van der Waals surface area contributed by atoms with E-state index in [1.54, 1.807) is 0 Å². The van der Waals surface area contributed by atoms with E-state index in [1.807, 2.05) is 6.07 Å². The van der Waals surface area contributed by atoms with Crippen molar-refractivity contribution in [1.29, 1.82) is 0 Å². The number of benzene rings is 2. The number of aryl methyl sites for hydroxylation is 1. The standard InChI is InChI=1S/C23H28N2O/c1-18-7-5-6-10-20(18)17-25(16-19-8-3-2-4-9-19)22(26)21-15-23(21)11-13-24-14-12-23/h2-10,21,24H,11-17H2,1H3. The first-order valence-corrected chi connectivity index (χ1v) is 9.76. The molecule has 1 aliphatic carbocycles. The van der Waals surface area contributed by atoms with E-state index < -0.39 is 0 Å². The van der Waals surface area contributed by atoms with Gasteiger partial charge in [-0.25, -0.2) is 0 Å². The maximum Gasteiger partial charge on any atom is 0.226 e. The molecule has 1 amide bonds. The molecule has 1 unspecified atom stereocenters. The zero-order valence-corrected chi connectivity index (χ0v) is 15.6. The zero-order chi connectivity index (χ0) is 18.0. The second-order valence-corrected chi connectivity index (χ2v) is 7.98. The summed E-state index contributed by atoms with van der Waals surface area (Å²) in [5.74, 6) is 0.566. The highest BCUT2D eigenvalue weighted by Gasteiger charge is 2.58. The van der Waals surface area contributed by atoms with Crippen molar-refractivity contribution < 1.29 is 4.79 Å². The van der Waals surface area contributed by atoms with Gasteiger partial charge in [-0.1, -0.05) is 54.6 Å². The van der Waals surface area contributed by atoms with Crippen LogP contribution in [0.15, 0.2) is 54.6 Å². The lowest BCUT2D eigenvalue weighted by atomic mass is 9.91. The number of carbonyl (C=O) groups is 1. The van der Waals surface area contributed by atoms with Gasteiger partial charge in [-0.05, 0) is 61.4 Å². The Hall–Kier alpha value is -2.13. The average Bonchev–Trinajstić information content (AvgIpc) is 3.36. The second-order valence-electron chi connectivity index (χ2n) is 7.98. The highest BCUT2D eigenvalue weighted by atomic mass is 16.2. The molecule has 1 heterocycles. The molecular weight excluding hydrogens is 320 g/mol. The molecule has 4 rings (SSSR count). The summed E-state index contributed by atoms with van der Waals surface area (Å²) in [6.45, 7) is 5.64. The quantitative estimate of drug-likeness (QED) is 0.888. The molecule has 2 aromatic carbocycles. The lowest BCUT2D eigenvalue weighted by Crippen LogP contribution is -2.36. The number of hydrogen-bond donors (Lipinski definition) is 1. The predicted octanol–water partition coefficient (Wildman–Crippen LogP) is 3.91. The number of nitrogens with zero attached hydrogens (tertiary/aromatic N) is 1. The van der Waals surface area contributed by atoms with Crippen molar-refractivity contribution in [3.8, 4) is 0 Å². The van der Waals surface area contributed by atoms with E-state index in [-0.39, 0.29) is 11.3 Å². The number of rotatable bonds is 5. The highest BCUT2D eigenvalue weighted by molar-refractivity contribution is 5.82. The minimum atomic E-state index is 0.220. The van der Waals surface area contributed by atoms with Gasteiger partial charge in [-0.2, -0.15) is 0 Å². The largest absolute Gasteiger partial charge is 0.334 e. The van der Waals surface area contributed by atoms with Gasteiger partial charge in [0.2, 0.25) is 5.91 Å². The summed E-state index contributed by atoms with van der Waals surface area (Å²) in [4.78, 5) is 15.5. The van der Waals surface area contributed by atoms with Crippen molar-refractivity contribution in [3.63, 3.8) is 0 Å². The molecule has 2 aliphatic rings. The maximum absolute atomic E-state index is 13.4. The summed E-state index contributed by atoms with van der Waals surface area (Å²) in [6.07, 6.45) is 3.37. The molecular formula is C23H28N2O. The molecule has 2 fully saturated rings. The Bertz CT molecular complexity index is 765. The molecule has 2 aromatic rings. The van der Waals surface area contributed by atoms with Crippen molar-refractivity contribution in [1.82, 2.24) is 10.2 Å². The molecule has 26 heavy (non-hydrogen) atoms. The van der Waals surface area contributed by atoms with Crippen LogP contribution in [0.25, 0.3) is 0 Å². The van der Waals surface area contributed by atoms with E-state index >= 15 is 0 Å². The molecule has 1 N–H and O–H groups in total. The summed E-state index contributed by atoms with van der Waals surface area (Å²) < 4.78 is 0. The summed E-state index contributed by atoms with van der Waals surface area (Å²) >= 11 is 0. The minimum absolute atomic E-state index is 0.220. The van der Waals surface area contributed by atoms with E-state index in [2.05, 4.69) is 65.7 Å². The van der Waals surface area contributed by atoms with Crippen LogP contribution >= 0.6 is 0 Å². The van der Waals surface area contributed by atoms with Crippen LogP contribution in [0.4, 0.5) is 0 Å². The molecule has 1 saturated carbocycles. The Labute approximate surface area is 156 Å². The van der Waals surface area contributed by atoms with Crippen molar-refractivity contribution >= 4 is 5.91 Å². The van der Waals surface area contributed by atoms with Crippen LogP contribution in [0.2, 0.25) is 0 Å². The fraction of sp³-hybridized carbons (Fsp3) is 0.435. The normalized spacial score (nSPS) is 20.7. The molecule has 1 spiro atoms. The lowest BCUT2D eigenvalue weighted by Gasteiger charge is -2.28. The van der Waals surface area contributed by atoms with Crippen LogP contribution < -0.4 is 5.32 Å². The SMILES string of the molecule is Cc1ccccc1CN(Cc1ccccc1)C(=O)C1CC12CCNCC2. The molecule has 3 nitrogen and oxygen atoms in total. The van der Waals surface area contributed by atoms with Gasteiger partial charge in [0.15, 0.2) is 0 Å². The van der Waals surface area contributed by atoms with Gasteiger partial charge in [-0.3, -0.25) is 4.79 Å². The van der Waals surface area contributed by atoms with Crippen molar-refractivity contribution in [2.75, 3.05) is 13.1 Å². The van der Waals surface area contributed by atoms with Crippen LogP contribution in [0.3, 0.4) is 0 Å². The predicted molar refractivity (Wildman–Crippen MR) is 105 cm³/mol. The third-order valence-electron chi connectivity index (χ3n) is 6.24. The highest BCUT2D eigenvalue weighted by Crippen LogP contribution is 2.59. The van der Waals surface area contributed by atoms with Crippen LogP contribution in [-0.2, 0) is 17.9 Å². The van der Waals surface area contributed by atoms with Crippen LogP contribution in [0.1, 0.15) is 36.0 Å². The van der Waals surface area contributed by atoms with Gasteiger partial charge >= 0.3 is 0 Å². The Morgan fingerprint density at radius 1 is 1.04 bits per heavy atom. The van der Waals surface area contributed by atoms with Gasteiger partial charge in [-0.15, -0.1) is 0 Å². The molecule has 0 bridgehead atoms. The summed E-state index contributed by atoms with van der Waals surface area (Å²) in [6, 6.07) is 18.8. The van der Waals surface area contributed by atoms with Gasteiger partial charge in [0.25, 0.3) is 0 Å². The van der Waals surface area contributed by atoms with E-state index in [9.17, 15) is 4.79 Å². The smallest absolute Gasteiger partial charge is 0.226 e. The Morgan fingerprint density at radius 2 is 1.73 bits per heavy atom. The zero-order valence-electron chi connectivity index (χ0n) is 15.6. The first-order chi connectivity index (χ1) is 12.7. The third kappa shape index (κ3) is 3.54. The van der Waals surface area contributed by atoms with E-state index in [0.717, 1.165) is 32.4 Å². The fourth-order valence-electron chi connectivity index (χ4n) is 4.40. The van der Waals surface area contributed by atoms with E-state index in [0.29, 0.717) is 19.0 Å². The van der Waals surface area contributed by atoms with Gasteiger partial charge < -0.3 is 10.2 Å². The topological polar surface area (TPSA) is 32.3 Å². The number of carbonyl (C=O) groups excluding carboxylic acids is 1. The Morgan fingerprint density at radius 3 is 2.46 bits per heavy atom. The number of nitrogens with one attached hydrogen (secondary N) is 1. The van der Waals surface area contributed by atoms with Crippen LogP contribution in [0.5, 0.6) is 0 Å². The summed E-state index contributed by atoms with van der Waals surface area (Å²) in [5.41, 5.74) is 3.99. The monoisotopic (exact) mass is 348 g/mol. The van der Waals surface area contributed by atoms with E-state index in [1.165, 1.54) is 16.7 Å². The summed E-state index contributed by atoms with van der Waals surface area (Å²) in [7, 11) is 0. The molecule has 1 atom stereocenters. The third-order valence-corrected chi connectivity index (χ3v) is 6.24. The number of piperidine rings is 1. The minimum Gasteiger partial charge on any atom is -0.334 e. The molecule has 136 valence electrons. The van der Waals surface area contributed by atoms with Crippen molar-refractivity contribution in [3.05, 3.63) is 71.3 Å². The second kappa shape index (κ2) is 7.24. The first kappa shape index (κ1) is 17.3. The lowest BCUT2D eigenvalue weighted by molar-refractivity contribution is -0.135. The summed E-state index contributed by atoms with van der Waals surface area (Å²) in [5, 5.41) is 3.43. The van der Waals surface area contributed by atoms with Gasteiger partial charge in [0.1, 0.15) is 0 Å².